The maximum Gasteiger partial charge on any atom is 0.331 e. The van der Waals surface area contributed by atoms with Gasteiger partial charge in [0.05, 0.1) is 7.11 Å². The molecule has 0 saturated heterocycles. The van der Waals surface area contributed by atoms with E-state index >= 15 is 0 Å². The Bertz CT molecular complexity index is 200. The fourth-order valence-corrected chi connectivity index (χ4v) is 1.97. The summed E-state index contributed by atoms with van der Waals surface area (Å²) in [6, 6.07) is 0. The van der Waals surface area contributed by atoms with Crippen LogP contribution in [0.15, 0.2) is 9.66 Å². The van der Waals surface area contributed by atoms with Gasteiger partial charge in [0.1, 0.15) is 0 Å². The van der Waals surface area contributed by atoms with Gasteiger partial charge in [0.15, 0.2) is 0 Å². The van der Waals surface area contributed by atoms with E-state index in [0.717, 1.165) is 10.0 Å². The smallest absolute Gasteiger partial charge is 0.331 e. The average molecular weight is 324 g/mol. The second kappa shape index (κ2) is 10.5. The molecule has 0 aliphatic carbocycles. The Kier molecular flexibility index (Phi) is 10.4. The molecule has 0 saturated carbocycles. The van der Waals surface area contributed by atoms with Gasteiger partial charge in [0.25, 0.3) is 0 Å². The van der Waals surface area contributed by atoms with Crippen molar-refractivity contribution >= 4 is 28.6 Å². The molecule has 15 heavy (non-hydrogen) atoms. The predicted octanol–water partition coefficient (Wildman–Crippen LogP) is 4.23. The largest absolute Gasteiger partial charge is 0.466 e. The minimum absolute atomic E-state index is 0.245. The van der Waals surface area contributed by atoms with E-state index in [1.807, 2.05) is 0 Å². The van der Waals surface area contributed by atoms with Gasteiger partial charge < -0.3 is 4.74 Å². The molecule has 0 rings (SSSR count). The van der Waals surface area contributed by atoms with Crippen LogP contribution >= 0.6 is 22.6 Å². The Morgan fingerprint density at radius 3 is 2.40 bits per heavy atom. The lowest BCUT2D eigenvalue weighted by atomic mass is 10.1. The number of esters is 1. The molecule has 0 aromatic rings. The molecular weight excluding hydrogens is 303 g/mol. The van der Waals surface area contributed by atoms with Gasteiger partial charge in [-0.05, 0) is 39.0 Å². The van der Waals surface area contributed by atoms with Gasteiger partial charge in [-0.15, -0.1) is 0 Å². The number of rotatable bonds is 8. The lowest BCUT2D eigenvalue weighted by Gasteiger charge is -2.00. The van der Waals surface area contributed by atoms with Gasteiger partial charge in [0, 0.05) is 6.08 Å². The summed E-state index contributed by atoms with van der Waals surface area (Å²) in [4.78, 5) is 10.9. The molecule has 3 heteroatoms. The van der Waals surface area contributed by atoms with Crippen molar-refractivity contribution < 1.29 is 9.53 Å². The van der Waals surface area contributed by atoms with Crippen molar-refractivity contribution in [2.24, 2.45) is 0 Å². The number of hydrogen-bond donors (Lipinski definition) is 0. The molecule has 88 valence electrons. The zero-order valence-corrected chi connectivity index (χ0v) is 11.9. The monoisotopic (exact) mass is 324 g/mol. The van der Waals surface area contributed by atoms with Crippen molar-refractivity contribution in [3.63, 3.8) is 0 Å². The first-order valence-corrected chi connectivity index (χ1v) is 6.72. The van der Waals surface area contributed by atoms with Gasteiger partial charge in [-0.2, -0.15) is 0 Å². The van der Waals surface area contributed by atoms with Crippen LogP contribution in [0.5, 0.6) is 0 Å². The highest BCUT2D eigenvalue weighted by Crippen LogP contribution is 2.16. The molecule has 0 bridgehead atoms. The van der Waals surface area contributed by atoms with Crippen molar-refractivity contribution in [3.05, 3.63) is 9.66 Å². The standard InChI is InChI=1S/C12H21IO2/c1-3-4-5-6-7-8-9-11(13)10-12(14)15-2/h10H,3-9H2,1-2H3/b11-10+. The van der Waals surface area contributed by atoms with Gasteiger partial charge in [-0.25, -0.2) is 4.79 Å². The Morgan fingerprint density at radius 1 is 1.20 bits per heavy atom. The second-order valence-electron chi connectivity index (χ2n) is 3.63. The van der Waals surface area contributed by atoms with Gasteiger partial charge >= 0.3 is 5.97 Å². The van der Waals surface area contributed by atoms with Crippen molar-refractivity contribution in [2.75, 3.05) is 7.11 Å². The Morgan fingerprint density at radius 2 is 1.80 bits per heavy atom. The van der Waals surface area contributed by atoms with E-state index in [1.165, 1.54) is 45.6 Å². The molecule has 0 unspecified atom stereocenters. The predicted molar refractivity (Wildman–Crippen MR) is 72.1 cm³/mol. The van der Waals surface area contributed by atoms with E-state index in [4.69, 9.17) is 0 Å². The molecule has 0 fully saturated rings. The molecule has 0 aromatic carbocycles. The lowest BCUT2D eigenvalue weighted by molar-refractivity contribution is -0.134. The number of methoxy groups -OCH3 is 1. The molecule has 0 spiro atoms. The molecule has 0 aromatic heterocycles. The molecule has 0 atom stereocenters. The van der Waals surface area contributed by atoms with Gasteiger partial charge in [-0.3, -0.25) is 0 Å². The summed E-state index contributed by atoms with van der Waals surface area (Å²) in [7, 11) is 1.41. The van der Waals surface area contributed by atoms with Crippen LogP contribution in [0.2, 0.25) is 0 Å². The van der Waals surface area contributed by atoms with Crippen LogP contribution in [0.1, 0.15) is 51.9 Å². The summed E-state index contributed by atoms with van der Waals surface area (Å²) < 4.78 is 5.65. The van der Waals surface area contributed by atoms with Crippen LogP contribution in [0.3, 0.4) is 0 Å². The summed E-state index contributed by atoms with van der Waals surface area (Å²) in [5, 5.41) is 0. The molecule has 0 aliphatic heterocycles. The number of carbonyl (C=O) groups is 1. The van der Waals surface area contributed by atoms with Crippen molar-refractivity contribution in [1.29, 1.82) is 0 Å². The summed E-state index contributed by atoms with van der Waals surface area (Å²) in [5.41, 5.74) is 0. The molecular formula is C12H21IO2. The SMILES string of the molecule is CCCCCCCC/C(I)=C\C(=O)OC. The first-order valence-electron chi connectivity index (χ1n) is 5.64. The van der Waals surface area contributed by atoms with Crippen LogP contribution in [0, 0.1) is 0 Å². The molecule has 0 N–H and O–H groups in total. The minimum Gasteiger partial charge on any atom is -0.466 e. The summed E-state index contributed by atoms with van der Waals surface area (Å²) in [6.07, 6.45) is 10.3. The highest BCUT2D eigenvalue weighted by atomic mass is 127. The Labute approximate surface area is 107 Å². The quantitative estimate of drug-likeness (QED) is 0.289. The fraction of sp³-hybridized carbons (Fsp3) is 0.750. The minimum atomic E-state index is -0.245. The normalized spacial score (nSPS) is 11.5. The number of ether oxygens (including phenoxy) is 1. The van der Waals surface area contributed by atoms with E-state index in [2.05, 4.69) is 34.3 Å². The lowest BCUT2D eigenvalue weighted by Crippen LogP contribution is -1.95. The molecule has 0 heterocycles. The van der Waals surface area contributed by atoms with Crippen molar-refractivity contribution in [1.82, 2.24) is 0 Å². The van der Waals surface area contributed by atoms with Gasteiger partial charge in [0.2, 0.25) is 0 Å². The van der Waals surface area contributed by atoms with E-state index in [1.54, 1.807) is 6.08 Å². The van der Waals surface area contributed by atoms with Crippen LogP contribution in [-0.2, 0) is 9.53 Å². The van der Waals surface area contributed by atoms with Crippen LogP contribution in [0.25, 0.3) is 0 Å². The second-order valence-corrected chi connectivity index (χ2v) is 5.02. The number of carbonyl (C=O) groups excluding carboxylic acids is 1. The number of halogens is 1. The molecule has 2 nitrogen and oxygen atoms in total. The van der Waals surface area contributed by atoms with E-state index in [0.29, 0.717) is 0 Å². The van der Waals surface area contributed by atoms with E-state index < -0.39 is 0 Å². The first kappa shape index (κ1) is 14.9. The van der Waals surface area contributed by atoms with Crippen LogP contribution in [-0.4, -0.2) is 13.1 Å². The van der Waals surface area contributed by atoms with E-state index in [9.17, 15) is 4.79 Å². The summed E-state index contributed by atoms with van der Waals surface area (Å²) >= 11 is 2.21. The summed E-state index contributed by atoms with van der Waals surface area (Å²) in [5.74, 6) is -0.245. The van der Waals surface area contributed by atoms with Crippen molar-refractivity contribution in [3.8, 4) is 0 Å². The number of allylic oxidation sites excluding steroid dienone is 1. The van der Waals surface area contributed by atoms with Crippen molar-refractivity contribution in [2.45, 2.75) is 51.9 Å². The summed E-state index contributed by atoms with van der Waals surface area (Å²) in [6.45, 7) is 2.22. The molecule has 0 aliphatic rings. The highest BCUT2D eigenvalue weighted by Gasteiger charge is 1.98. The third-order valence-electron chi connectivity index (χ3n) is 2.24. The Balaban J connectivity index is 3.42. The highest BCUT2D eigenvalue weighted by molar-refractivity contribution is 14.1. The zero-order chi connectivity index (χ0) is 11.5. The van der Waals surface area contributed by atoms with Crippen LogP contribution < -0.4 is 0 Å². The maximum absolute atomic E-state index is 10.9. The first-order chi connectivity index (χ1) is 7.20. The van der Waals surface area contributed by atoms with Gasteiger partial charge in [-0.1, -0.05) is 39.0 Å². The molecule has 0 radical (unpaired) electrons. The average Bonchev–Trinajstić information content (AvgIpc) is 2.23. The maximum atomic E-state index is 10.9. The topological polar surface area (TPSA) is 26.3 Å². The third-order valence-corrected chi connectivity index (χ3v) is 3.10. The Hall–Kier alpha value is -0.0600. The zero-order valence-electron chi connectivity index (χ0n) is 9.72. The number of hydrogen-bond acceptors (Lipinski definition) is 2. The number of unbranched alkanes of at least 4 members (excludes halogenated alkanes) is 5. The molecule has 0 amide bonds. The fourth-order valence-electron chi connectivity index (χ4n) is 1.33. The third kappa shape index (κ3) is 10.2. The van der Waals surface area contributed by atoms with E-state index in [-0.39, 0.29) is 5.97 Å². The van der Waals surface area contributed by atoms with Crippen LogP contribution in [0.4, 0.5) is 0 Å².